The van der Waals surface area contributed by atoms with Gasteiger partial charge in [0.1, 0.15) is 5.92 Å². The third-order valence-electron chi connectivity index (χ3n) is 3.20. The number of hydrogen-bond donors (Lipinski definition) is 1. The van der Waals surface area contributed by atoms with Gasteiger partial charge in [-0.1, -0.05) is 30.5 Å². The third-order valence-corrected chi connectivity index (χ3v) is 4.14. The molecule has 0 fully saturated rings. The van der Waals surface area contributed by atoms with Crippen LogP contribution < -0.4 is 5.73 Å². The van der Waals surface area contributed by atoms with Crippen LogP contribution in [0.15, 0.2) is 35.6 Å². The SMILES string of the molecule is C=C(N)[C@H](C#N)C(=O)CSc1nnnn1-c1cc(C)ccc1C. The molecule has 7 nitrogen and oxygen atoms in total. The Bertz CT molecular complexity index is 792. The quantitative estimate of drug-likeness (QED) is 0.801. The lowest BCUT2D eigenvalue weighted by Crippen LogP contribution is -2.21. The number of carbonyl (C=O) groups is 1. The normalized spacial score (nSPS) is 11.7. The van der Waals surface area contributed by atoms with E-state index < -0.39 is 5.92 Å². The number of thioether (sulfide) groups is 1. The molecule has 0 spiro atoms. The Hall–Kier alpha value is -2.66. The first-order valence-corrected chi connectivity index (χ1v) is 7.78. The third kappa shape index (κ3) is 3.76. The highest BCUT2D eigenvalue weighted by Gasteiger charge is 2.21. The first-order valence-electron chi connectivity index (χ1n) is 6.79. The minimum absolute atomic E-state index is 0.0414. The zero-order chi connectivity index (χ0) is 17.0. The van der Waals surface area contributed by atoms with Crippen LogP contribution in [0.25, 0.3) is 5.69 Å². The molecule has 1 aromatic carbocycles. The van der Waals surface area contributed by atoms with Gasteiger partial charge in [0.2, 0.25) is 5.16 Å². The van der Waals surface area contributed by atoms with E-state index in [-0.39, 0.29) is 17.2 Å². The Morgan fingerprint density at radius 1 is 1.52 bits per heavy atom. The van der Waals surface area contributed by atoms with E-state index in [9.17, 15) is 4.79 Å². The molecule has 0 amide bonds. The van der Waals surface area contributed by atoms with Crippen molar-refractivity contribution in [3.05, 3.63) is 41.6 Å². The number of ketones is 1. The fraction of sp³-hybridized carbons (Fsp3) is 0.267. The van der Waals surface area contributed by atoms with Crippen LogP contribution in [0.2, 0.25) is 0 Å². The number of carbonyl (C=O) groups excluding carboxylic acids is 1. The van der Waals surface area contributed by atoms with Gasteiger partial charge in [-0.15, -0.1) is 5.10 Å². The molecule has 2 N–H and O–H groups in total. The number of nitrogens with zero attached hydrogens (tertiary/aromatic N) is 5. The Labute approximate surface area is 138 Å². The maximum Gasteiger partial charge on any atom is 0.214 e. The van der Waals surface area contributed by atoms with E-state index in [1.807, 2.05) is 38.1 Å². The molecule has 0 aliphatic rings. The van der Waals surface area contributed by atoms with Gasteiger partial charge in [0.15, 0.2) is 5.78 Å². The van der Waals surface area contributed by atoms with Crippen LogP contribution in [0.4, 0.5) is 0 Å². The van der Waals surface area contributed by atoms with Crippen LogP contribution in [0.3, 0.4) is 0 Å². The number of Topliss-reactive ketones (excluding diaryl/α,β-unsaturated/α-hetero) is 1. The molecule has 1 aromatic heterocycles. The molecule has 1 heterocycles. The van der Waals surface area contributed by atoms with Crippen molar-refractivity contribution < 1.29 is 4.79 Å². The van der Waals surface area contributed by atoms with Gasteiger partial charge in [0.05, 0.1) is 17.5 Å². The lowest BCUT2D eigenvalue weighted by atomic mass is 10.1. The van der Waals surface area contributed by atoms with Crippen LogP contribution in [0.5, 0.6) is 0 Å². The first-order chi connectivity index (χ1) is 10.9. The average Bonchev–Trinajstić information content (AvgIpc) is 2.96. The van der Waals surface area contributed by atoms with Crippen LogP contribution >= 0.6 is 11.8 Å². The summed E-state index contributed by atoms with van der Waals surface area (Å²) in [6.07, 6.45) is 0. The van der Waals surface area contributed by atoms with E-state index in [4.69, 9.17) is 11.0 Å². The maximum atomic E-state index is 12.0. The van der Waals surface area contributed by atoms with Crippen molar-refractivity contribution in [3.8, 4) is 11.8 Å². The second kappa shape index (κ2) is 7.07. The summed E-state index contributed by atoms with van der Waals surface area (Å²) in [4.78, 5) is 12.0. The molecule has 0 unspecified atom stereocenters. The van der Waals surface area contributed by atoms with Crippen LogP contribution in [0.1, 0.15) is 11.1 Å². The van der Waals surface area contributed by atoms with Crippen molar-refractivity contribution >= 4 is 17.5 Å². The molecule has 0 aliphatic carbocycles. The summed E-state index contributed by atoms with van der Waals surface area (Å²) in [5, 5.41) is 21.0. The largest absolute Gasteiger partial charge is 0.401 e. The number of aromatic nitrogens is 4. The molecular weight excluding hydrogens is 312 g/mol. The van der Waals surface area contributed by atoms with Gasteiger partial charge in [-0.2, -0.15) is 9.94 Å². The highest BCUT2D eigenvalue weighted by atomic mass is 32.2. The maximum absolute atomic E-state index is 12.0. The first kappa shape index (κ1) is 16.7. The predicted octanol–water partition coefficient (Wildman–Crippen LogP) is 1.55. The Morgan fingerprint density at radius 2 is 2.26 bits per heavy atom. The van der Waals surface area contributed by atoms with Crippen LogP contribution in [-0.2, 0) is 4.79 Å². The molecule has 0 saturated heterocycles. The van der Waals surface area contributed by atoms with Gasteiger partial charge in [-0.3, -0.25) is 4.79 Å². The van der Waals surface area contributed by atoms with Crippen molar-refractivity contribution in [1.82, 2.24) is 20.2 Å². The average molecular weight is 328 g/mol. The van der Waals surface area contributed by atoms with Crippen molar-refractivity contribution in [3.63, 3.8) is 0 Å². The zero-order valence-corrected chi connectivity index (χ0v) is 13.7. The minimum Gasteiger partial charge on any atom is -0.401 e. The number of hydrogen-bond acceptors (Lipinski definition) is 7. The number of nitrogens with two attached hydrogens (primary N) is 1. The molecular formula is C15H16N6OS. The van der Waals surface area contributed by atoms with E-state index in [0.29, 0.717) is 5.16 Å². The summed E-state index contributed by atoms with van der Waals surface area (Å²) in [6, 6.07) is 7.80. The molecule has 0 aliphatic heterocycles. The highest BCUT2D eigenvalue weighted by Crippen LogP contribution is 2.22. The lowest BCUT2D eigenvalue weighted by Gasteiger charge is -2.09. The molecule has 23 heavy (non-hydrogen) atoms. The summed E-state index contributed by atoms with van der Waals surface area (Å²) in [6.45, 7) is 7.40. The smallest absolute Gasteiger partial charge is 0.214 e. The van der Waals surface area contributed by atoms with Crippen LogP contribution in [-0.4, -0.2) is 31.7 Å². The van der Waals surface area contributed by atoms with Crippen LogP contribution in [0, 0.1) is 31.1 Å². The van der Waals surface area contributed by atoms with Gasteiger partial charge >= 0.3 is 0 Å². The summed E-state index contributed by atoms with van der Waals surface area (Å²) < 4.78 is 1.58. The van der Waals surface area contributed by atoms with Gasteiger partial charge in [0, 0.05) is 5.70 Å². The van der Waals surface area contributed by atoms with E-state index in [2.05, 4.69) is 22.1 Å². The fourth-order valence-corrected chi connectivity index (χ4v) is 2.74. The van der Waals surface area contributed by atoms with E-state index in [0.717, 1.165) is 28.6 Å². The number of rotatable bonds is 6. The second-order valence-electron chi connectivity index (χ2n) is 5.06. The van der Waals surface area contributed by atoms with Gasteiger partial charge in [0.25, 0.3) is 0 Å². The highest BCUT2D eigenvalue weighted by molar-refractivity contribution is 7.99. The molecule has 118 valence electrons. The van der Waals surface area contributed by atoms with E-state index in [1.165, 1.54) is 0 Å². The number of allylic oxidation sites excluding steroid dienone is 1. The molecule has 0 bridgehead atoms. The van der Waals surface area contributed by atoms with Gasteiger partial charge in [-0.25, -0.2) is 0 Å². The minimum atomic E-state index is -1.01. The number of aryl methyl sites for hydroxylation is 2. The monoisotopic (exact) mass is 328 g/mol. The second-order valence-corrected chi connectivity index (χ2v) is 6.00. The summed E-state index contributed by atoms with van der Waals surface area (Å²) in [5.41, 5.74) is 8.46. The number of nitriles is 1. The van der Waals surface area contributed by atoms with Crippen molar-refractivity contribution in [2.75, 3.05) is 5.75 Å². The summed E-state index contributed by atoms with van der Waals surface area (Å²) in [7, 11) is 0. The number of tetrazole rings is 1. The zero-order valence-electron chi connectivity index (χ0n) is 12.9. The fourth-order valence-electron chi connectivity index (χ4n) is 1.95. The molecule has 8 heteroatoms. The molecule has 2 aromatic rings. The topological polar surface area (TPSA) is 110 Å². The lowest BCUT2D eigenvalue weighted by molar-refractivity contribution is -0.117. The molecule has 2 rings (SSSR count). The molecule has 0 saturated carbocycles. The summed E-state index contributed by atoms with van der Waals surface area (Å²) in [5.74, 6) is -1.28. The standard InChI is InChI=1S/C15H16N6OS/c1-9-4-5-10(2)13(6-9)21-15(18-19-20-21)23-8-14(22)12(7-16)11(3)17/h4-6,12H,3,8,17H2,1-2H3/t12-/m0/s1. The van der Waals surface area contributed by atoms with Crippen molar-refractivity contribution in [2.24, 2.45) is 11.7 Å². The Balaban J connectivity index is 2.20. The Morgan fingerprint density at radius 3 is 2.91 bits per heavy atom. The molecule has 1 atom stereocenters. The summed E-state index contributed by atoms with van der Waals surface area (Å²) >= 11 is 1.16. The predicted molar refractivity (Wildman–Crippen MR) is 86.8 cm³/mol. The van der Waals surface area contributed by atoms with E-state index >= 15 is 0 Å². The van der Waals surface area contributed by atoms with E-state index in [1.54, 1.807) is 4.68 Å². The van der Waals surface area contributed by atoms with Gasteiger partial charge < -0.3 is 5.73 Å². The Kier molecular flexibility index (Phi) is 5.13. The van der Waals surface area contributed by atoms with Gasteiger partial charge in [-0.05, 0) is 41.5 Å². The van der Waals surface area contributed by atoms with Crippen molar-refractivity contribution in [2.45, 2.75) is 19.0 Å². The van der Waals surface area contributed by atoms with Crippen molar-refractivity contribution in [1.29, 1.82) is 5.26 Å². The molecule has 0 radical (unpaired) electrons. The number of benzene rings is 1.